The molecule has 0 aromatic heterocycles. The van der Waals surface area contributed by atoms with Gasteiger partial charge in [-0.1, -0.05) is 69.1 Å². The molecule has 0 bridgehead atoms. The van der Waals surface area contributed by atoms with Gasteiger partial charge in [-0.2, -0.15) is 0 Å². The lowest BCUT2D eigenvalue weighted by molar-refractivity contribution is 1.36. The van der Waals surface area contributed by atoms with Crippen LogP contribution < -0.4 is 0 Å². The van der Waals surface area contributed by atoms with Crippen molar-refractivity contribution in [3.63, 3.8) is 0 Å². The second-order valence-corrected chi connectivity index (χ2v) is 2.90. The summed E-state index contributed by atoms with van der Waals surface area (Å²) in [6.45, 7) is 11.9. The monoisotopic (exact) mass is 234 g/mol. The highest BCUT2D eigenvalue weighted by atomic mass is 32.1. The van der Waals surface area contributed by atoms with Gasteiger partial charge < -0.3 is 0 Å². The standard InChI is InChI=1S/C12H14.C2H6.CH2S/c1-4-5-9-12-10(2)7-6-8-11(12)3;2*1-2/h4-9H,1H2,2-3H3;1-2H3;1H2/b9-5-;;. The number of aryl methyl sites for hydroxylation is 2. The van der Waals surface area contributed by atoms with Crippen molar-refractivity contribution in [3.8, 4) is 0 Å². The molecule has 16 heavy (non-hydrogen) atoms. The Morgan fingerprint density at radius 2 is 1.50 bits per heavy atom. The Bertz CT molecular complexity index is 304. The molecule has 0 aliphatic carbocycles. The van der Waals surface area contributed by atoms with Crippen molar-refractivity contribution in [2.75, 3.05) is 0 Å². The van der Waals surface area contributed by atoms with Gasteiger partial charge in [0, 0.05) is 0 Å². The maximum absolute atomic E-state index is 3.83. The van der Waals surface area contributed by atoms with E-state index < -0.39 is 0 Å². The summed E-state index contributed by atoms with van der Waals surface area (Å²) in [5.74, 6) is 2.83. The summed E-state index contributed by atoms with van der Waals surface area (Å²) >= 11 is 3.83. The fourth-order valence-electron chi connectivity index (χ4n) is 1.25. The number of hydrogen-bond donors (Lipinski definition) is 0. The van der Waals surface area contributed by atoms with Crippen molar-refractivity contribution in [2.24, 2.45) is 0 Å². The van der Waals surface area contributed by atoms with E-state index in [-0.39, 0.29) is 0 Å². The predicted molar refractivity (Wildman–Crippen MR) is 81.2 cm³/mol. The number of benzene rings is 1. The summed E-state index contributed by atoms with van der Waals surface area (Å²) in [7, 11) is 0. The fraction of sp³-hybridized carbons (Fsp3) is 0.267. The molecule has 0 unspecified atom stereocenters. The van der Waals surface area contributed by atoms with Crippen LogP contribution in [0.4, 0.5) is 0 Å². The highest BCUT2D eigenvalue weighted by Gasteiger charge is 1.95. The zero-order valence-corrected chi connectivity index (χ0v) is 11.6. The summed E-state index contributed by atoms with van der Waals surface area (Å²) in [5.41, 5.74) is 3.93. The maximum Gasteiger partial charge on any atom is -0.0198 e. The van der Waals surface area contributed by atoms with Crippen LogP contribution in [0, 0.1) is 13.8 Å². The first-order valence-electron chi connectivity index (χ1n) is 5.40. The van der Waals surface area contributed by atoms with E-state index >= 15 is 0 Å². The molecule has 0 saturated carbocycles. The van der Waals surface area contributed by atoms with E-state index in [4.69, 9.17) is 0 Å². The second kappa shape index (κ2) is 11.9. The van der Waals surface area contributed by atoms with Gasteiger partial charge in [-0.3, -0.25) is 0 Å². The molecule has 0 N–H and O–H groups in total. The second-order valence-electron chi connectivity index (χ2n) is 2.90. The smallest absolute Gasteiger partial charge is 0.0198 e. The van der Waals surface area contributed by atoms with Crippen molar-refractivity contribution in [1.82, 2.24) is 0 Å². The quantitative estimate of drug-likeness (QED) is 0.504. The molecular weight excluding hydrogens is 212 g/mol. The minimum atomic E-state index is 1.30. The summed E-state index contributed by atoms with van der Waals surface area (Å²) < 4.78 is 0. The molecule has 1 aromatic carbocycles. The number of allylic oxidation sites excluding steroid dienone is 2. The Labute approximate surface area is 106 Å². The zero-order chi connectivity index (χ0) is 13.0. The van der Waals surface area contributed by atoms with Gasteiger partial charge in [0.15, 0.2) is 0 Å². The van der Waals surface area contributed by atoms with Gasteiger partial charge >= 0.3 is 0 Å². The molecule has 0 amide bonds. The molecule has 1 aromatic rings. The van der Waals surface area contributed by atoms with Crippen molar-refractivity contribution >= 4 is 24.2 Å². The van der Waals surface area contributed by atoms with Crippen LogP contribution in [-0.2, 0) is 0 Å². The topological polar surface area (TPSA) is 0 Å². The van der Waals surface area contributed by atoms with Gasteiger partial charge in [-0.25, -0.2) is 0 Å². The molecule has 0 heterocycles. The average molecular weight is 234 g/mol. The van der Waals surface area contributed by atoms with Crippen molar-refractivity contribution < 1.29 is 0 Å². The van der Waals surface area contributed by atoms with Crippen LogP contribution in [0.1, 0.15) is 30.5 Å². The van der Waals surface area contributed by atoms with Crippen molar-refractivity contribution in [2.45, 2.75) is 27.7 Å². The molecule has 88 valence electrons. The minimum absolute atomic E-state index is 1.30. The molecule has 0 nitrogen and oxygen atoms in total. The third kappa shape index (κ3) is 6.31. The summed E-state index contributed by atoms with van der Waals surface area (Å²) in [6.07, 6.45) is 5.86. The highest BCUT2D eigenvalue weighted by Crippen LogP contribution is 2.14. The van der Waals surface area contributed by atoms with Crippen LogP contribution >= 0.6 is 12.2 Å². The molecule has 1 heteroatoms. The predicted octanol–water partition coefficient (Wildman–Crippen LogP) is 5.14. The van der Waals surface area contributed by atoms with Crippen LogP contribution in [0.5, 0.6) is 0 Å². The van der Waals surface area contributed by atoms with Gasteiger partial charge in [0.1, 0.15) is 0 Å². The first-order chi connectivity index (χ1) is 7.75. The zero-order valence-electron chi connectivity index (χ0n) is 10.8. The number of rotatable bonds is 2. The van der Waals surface area contributed by atoms with E-state index in [2.05, 4.69) is 62.8 Å². The van der Waals surface area contributed by atoms with Crippen LogP contribution in [0.3, 0.4) is 0 Å². The van der Waals surface area contributed by atoms with Crippen LogP contribution in [0.15, 0.2) is 36.9 Å². The van der Waals surface area contributed by atoms with E-state index in [1.807, 2.05) is 19.9 Å². The van der Waals surface area contributed by atoms with Crippen LogP contribution in [-0.4, -0.2) is 5.87 Å². The lowest BCUT2D eigenvalue weighted by Gasteiger charge is -2.03. The largest absolute Gasteiger partial charge is 0.0991 e. The average Bonchev–Trinajstić information content (AvgIpc) is 2.34. The Balaban J connectivity index is 0. The fourth-order valence-corrected chi connectivity index (χ4v) is 1.25. The lowest BCUT2D eigenvalue weighted by atomic mass is 10.0. The van der Waals surface area contributed by atoms with Crippen LogP contribution in [0.2, 0.25) is 0 Å². The van der Waals surface area contributed by atoms with Crippen LogP contribution in [0.25, 0.3) is 6.08 Å². The van der Waals surface area contributed by atoms with Crippen molar-refractivity contribution in [1.29, 1.82) is 0 Å². The lowest BCUT2D eigenvalue weighted by Crippen LogP contribution is -1.84. The van der Waals surface area contributed by atoms with E-state index in [0.717, 1.165) is 0 Å². The molecule has 1 rings (SSSR count). The van der Waals surface area contributed by atoms with Gasteiger partial charge in [0.25, 0.3) is 0 Å². The third-order valence-corrected chi connectivity index (χ3v) is 1.94. The molecule has 0 radical (unpaired) electrons. The Morgan fingerprint density at radius 3 is 1.88 bits per heavy atom. The van der Waals surface area contributed by atoms with Gasteiger partial charge in [-0.15, -0.1) is 0 Å². The Hall–Kier alpha value is -1.21. The van der Waals surface area contributed by atoms with E-state index in [1.165, 1.54) is 16.7 Å². The van der Waals surface area contributed by atoms with Gasteiger partial charge in [0.2, 0.25) is 0 Å². The minimum Gasteiger partial charge on any atom is -0.0991 e. The van der Waals surface area contributed by atoms with E-state index in [0.29, 0.717) is 0 Å². The molecule has 0 spiro atoms. The number of hydrogen-bond acceptors (Lipinski definition) is 1. The highest BCUT2D eigenvalue weighted by molar-refractivity contribution is 7.77. The first kappa shape index (κ1) is 17.2. The Kier molecular flexibility index (Phi) is 12.7. The third-order valence-electron chi connectivity index (χ3n) is 1.94. The molecular formula is C15H22S. The molecule has 0 saturated heterocycles. The van der Waals surface area contributed by atoms with Crippen molar-refractivity contribution in [3.05, 3.63) is 53.6 Å². The summed E-state index contributed by atoms with van der Waals surface area (Å²) in [6, 6.07) is 6.32. The van der Waals surface area contributed by atoms with E-state index in [9.17, 15) is 0 Å². The van der Waals surface area contributed by atoms with E-state index in [1.54, 1.807) is 6.08 Å². The van der Waals surface area contributed by atoms with Gasteiger partial charge in [-0.05, 0) is 36.4 Å². The van der Waals surface area contributed by atoms with Gasteiger partial charge in [0.05, 0.1) is 0 Å². The summed E-state index contributed by atoms with van der Waals surface area (Å²) in [4.78, 5) is 0. The maximum atomic E-state index is 3.83. The molecule has 0 fully saturated rings. The Morgan fingerprint density at radius 1 is 1.06 bits per heavy atom. The normalized spacial score (nSPS) is 8.50. The summed E-state index contributed by atoms with van der Waals surface area (Å²) in [5, 5.41) is 0. The SMILES string of the molecule is C=C/C=C\c1c(C)cccc1C.C=S.CC. The number of thiocarbonyl (C=S) groups is 1. The molecule has 0 aliphatic rings. The first-order valence-corrected chi connectivity index (χ1v) is 5.97. The molecule has 0 atom stereocenters. The molecule has 0 aliphatic heterocycles.